The number of carbonyl (C=O) groups is 2. The van der Waals surface area contributed by atoms with Crippen LogP contribution in [0.15, 0.2) is 6.20 Å². The van der Waals surface area contributed by atoms with E-state index in [0.29, 0.717) is 12.6 Å². The molecule has 2 unspecified atom stereocenters. The molecule has 0 spiro atoms. The maximum atomic E-state index is 13.6. The molecule has 3 rings (SSSR count). The molecule has 3 atom stereocenters. The van der Waals surface area contributed by atoms with Gasteiger partial charge in [0.2, 0.25) is 11.8 Å². The smallest absolute Gasteiger partial charge is 0.248 e. The Bertz CT molecular complexity index is 768. The second kappa shape index (κ2) is 9.65. The van der Waals surface area contributed by atoms with Gasteiger partial charge in [-0.1, -0.05) is 45.2 Å². The van der Waals surface area contributed by atoms with Crippen LogP contribution in [0.3, 0.4) is 0 Å². The van der Waals surface area contributed by atoms with Crippen molar-refractivity contribution in [2.24, 2.45) is 5.41 Å². The Morgan fingerprint density at radius 3 is 2.58 bits per heavy atom. The normalized spacial score (nSPS) is 23.9. The number of rotatable bonds is 6. The van der Waals surface area contributed by atoms with E-state index in [2.05, 4.69) is 27.6 Å². The summed E-state index contributed by atoms with van der Waals surface area (Å²) in [5, 5.41) is 21.4. The van der Waals surface area contributed by atoms with Gasteiger partial charge in [0.25, 0.3) is 0 Å². The number of aliphatic hydroxyl groups excluding tert-OH is 1. The van der Waals surface area contributed by atoms with Gasteiger partial charge in [0, 0.05) is 32.6 Å². The summed E-state index contributed by atoms with van der Waals surface area (Å²) in [6, 6.07) is -0.720. The number of likely N-dealkylation sites (N-methyl/N-ethyl adjacent to an activating group) is 1. The van der Waals surface area contributed by atoms with Crippen molar-refractivity contribution in [1.29, 1.82) is 0 Å². The van der Waals surface area contributed by atoms with Gasteiger partial charge in [-0.15, -0.1) is 5.10 Å². The highest BCUT2D eigenvalue weighted by atomic mass is 16.3. The van der Waals surface area contributed by atoms with Crippen molar-refractivity contribution >= 4 is 11.8 Å². The first-order valence-electron chi connectivity index (χ1n) is 11.4. The van der Waals surface area contributed by atoms with Crippen LogP contribution in [-0.2, 0) is 16.1 Å². The van der Waals surface area contributed by atoms with Crippen molar-refractivity contribution in [3.8, 4) is 0 Å². The van der Waals surface area contributed by atoms with Crippen LogP contribution in [-0.4, -0.2) is 80.5 Å². The van der Waals surface area contributed by atoms with Crippen molar-refractivity contribution in [1.82, 2.24) is 30.1 Å². The molecule has 1 saturated carbocycles. The number of aromatic nitrogens is 3. The highest BCUT2D eigenvalue weighted by Gasteiger charge is 2.45. The monoisotopic (exact) mass is 434 g/mol. The molecule has 31 heavy (non-hydrogen) atoms. The molecule has 2 amide bonds. The number of carbonyl (C=O) groups excluding carboxylic acids is 2. The van der Waals surface area contributed by atoms with Crippen molar-refractivity contribution in [3.63, 3.8) is 0 Å². The molecule has 1 aliphatic carbocycles. The van der Waals surface area contributed by atoms with Crippen LogP contribution in [0.25, 0.3) is 0 Å². The number of aliphatic hydroxyl groups is 1. The maximum Gasteiger partial charge on any atom is 0.248 e. The van der Waals surface area contributed by atoms with Crippen molar-refractivity contribution in [3.05, 3.63) is 11.9 Å². The fourth-order valence-corrected chi connectivity index (χ4v) is 4.93. The van der Waals surface area contributed by atoms with Crippen LogP contribution in [0.4, 0.5) is 0 Å². The fourth-order valence-electron chi connectivity index (χ4n) is 4.93. The van der Waals surface area contributed by atoms with Gasteiger partial charge >= 0.3 is 0 Å². The summed E-state index contributed by atoms with van der Waals surface area (Å²) in [5.74, 6) is -0.472. The third kappa shape index (κ3) is 5.44. The molecule has 2 aliphatic rings. The molecule has 9 nitrogen and oxygen atoms in total. The topological polar surface area (TPSA) is 104 Å². The first kappa shape index (κ1) is 23.7. The molecule has 9 heteroatoms. The molecule has 1 saturated heterocycles. The minimum absolute atomic E-state index is 0.148. The standard InChI is InChI=1S/C22H38N6O3/c1-22(2,3)19(21(31)27-14-17(29)11-18(27)20(30)23-4)28-13-15(24-25-28)12-26(5)16-9-7-6-8-10-16/h13,16-19,29H,6-12,14H2,1-5H3,(H,23,30)/t17?,18?,19-/m1/s1. The van der Waals surface area contributed by atoms with Gasteiger partial charge < -0.3 is 15.3 Å². The summed E-state index contributed by atoms with van der Waals surface area (Å²) >= 11 is 0. The molecule has 0 aromatic carbocycles. The van der Waals surface area contributed by atoms with Crippen LogP contribution in [0.1, 0.15) is 71.0 Å². The molecule has 1 aliphatic heterocycles. The van der Waals surface area contributed by atoms with E-state index in [-0.39, 0.29) is 24.8 Å². The van der Waals surface area contributed by atoms with Gasteiger partial charge in [-0.05, 0) is 25.3 Å². The van der Waals surface area contributed by atoms with Crippen LogP contribution in [0, 0.1) is 5.41 Å². The summed E-state index contributed by atoms with van der Waals surface area (Å²) in [5.41, 5.74) is 0.386. The van der Waals surface area contributed by atoms with E-state index in [9.17, 15) is 14.7 Å². The quantitative estimate of drug-likeness (QED) is 0.700. The lowest BCUT2D eigenvalue weighted by Gasteiger charge is -2.34. The molecule has 2 fully saturated rings. The van der Waals surface area contributed by atoms with E-state index in [1.165, 1.54) is 37.0 Å². The van der Waals surface area contributed by atoms with Gasteiger partial charge in [-0.3, -0.25) is 14.5 Å². The lowest BCUT2D eigenvalue weighted by atomic mass is 9.85. The molecule has 0 bridgehead atoms. The largest absolute Gasteiger partial charge is 0.391 e. The SMILES string of the molecule is CNC(=O)C1CC(O)CN1C(=O)[C@@H](n1cc(CN(C)C2CCCCC2)nn1)C(C)(C)C. The van der Waals surface area contributed by atoms with Crippen LogP contribution in [0.5, 0.6) is 0 Å². The van der Waals surface area contributed by atoms with Gasteiger partial charge in [0.05, 0.1) is 18.0 Å². The van der Waals surface area contributed by atoms with Crippen molar-refractivity contribution < 1.29 is 14.7 Å². The predicted molar refractivity (Wildman–Crippen MR) is 117 cm³/mol. The molecular weight excluding hydrogens is 396 g/mol. The Kier molecular flexibility index (Phi) is 7.36. The third-order valence-electron chi connectivity index (χ3n) is 6.60. The molecule has 2 heterocycles. The Morgan fingerprint density at radius 2 is 1.97 bits per heavy atom. The van der Waals surface area contributed by atoms with Crippen molar-refractivity contribution in [2.75, 3.05) is 20.6 Å². The Hall–Kier alpha value is -2.00. The molecule has 174 valence electrons. The second-order valence-corrected chi connectivity index (χ2v) is 10.2. The van der Waals surface area contributed by atoms with Crippen LogP contribution < -0.4 is 5.32 Å². The zero-order valence-electron chi connectivity index (χ0n) is 19.5. The average Bonchev–Trinajstić information content (AvgIpc) is 3.33. The van der Waals surface area contributed by atoms with E-state index in [4.69, 9.17) is 0 Å². The predicted octanol–water partition coefficient (Wildman–Crippen LogP) is 1.34. The first-order chi connectivity index (χ1) is 14.6. The van der Waals surface area contributed by atoms with Gasteiger partial charge in [-0.25, -0.2) is 4.68 Å². The number of nitrogens with zero attached hydrogens (tertiary/aromatic N) is 5. The van der Waals surface area contributed by atoms with E-state index in [0.717, 1.165) is 5.69 Å². The number of nitrogens with one attached hydrogen (secondary N) is 1. The molecule has 0 radical (unpaired) electrons. The van der Waals surface area contributed by atoms with E-state index >= 15 is 0 Å². The van der Waals surface area contributed by atoms with Gasteiger partial charge in [0.15, 0.2) is 0 Å². The summed E-state index contributed by atoms with van der Waals surface area (Å²) in [6.07, 6.45) is 7.69. The van der Waals surface area contributed by atoms with E-state index in [1.807, 2.05) is 27.0 Å². The van der Waals surface area contributed by atoms with Crippen molar-refractivity contribution in [2.45, 2.75) is 90.1 Å². The van der Waals surface area contributed by atoms with E-state index < -0.39 is 23.6 Å². The number of amides is 2. The Morgan fingerprint density at radius 1 is 1.29 bits per heavy atom. The summed E-state index contributed by atoms with van der Waals surface area (Å²) in [7, 11) is 3.67. The van der Waals surface area contributed by atoms with Crippen LogP contribution in [0.2, 0.25) is 0 Å². The summed E-state index contributed by atoms with van der Waals surface area (Å²) < 4.78 is 1.64. The Labute approximate surface area is 185 Å². The number of hydrogen-bond donors (Lipinski definition) is 2. The fraction of sp³-hybridized carbons (Fsp3) is 0.818. The molecule has 1 aromatic heterocycles. The highest BCUT2D eigenvalue weighted by molar-refractivity contribution is 5.90. The zero-order chi connectivity index (χ0) is 22.8. The van der Waals surface area contributed by atoms with Gasteiger partial charge in [0.1, 0.15) is 12.1 Å². The summed E-state index contributed by atoms with van der Waals surface area (Å²) in [4.78, 5) is 29.7. The number of hydrogen-bond acceptors (Lipinski definition) is 6. The number of β-amino-alcohol motifs (C(OH)–C–C–N with tert-alkyl or cyclic N) is 1. The molecule has 2 N–H and O–H groups in total. The average molecular weight is 435 g/mol. The lowest BCUT2D eigenvalue weighted by Crippen LogP contribution is -2.49. The molecular formula is C22H38N6O3. The third-order valence-corrected chi connectivity index (χ3v) is 6.60. The number of likely N-dealkylation sites (tertiary alicyclic amines) is 1. The van der Waals surface area contributed by atoms with Gasteiger partial charge in [-0.2, -0.15) is 0 Å². The zero-order valence-corrected chi connectivity index (χ0v) is 19.5. The van der Waals surface area contributed by atoms with E-state index in [1.54, 1.807) is 11.7 Å². The maximum absolute atomic E-state index is 13.6. The second-order valence-electron chi connectivity index (χ2n) is 10.2. The lowest BCUT2D eigenvalue weighted by molar-refractivity contribution is -0.144. The summed E-state index contributed by atoms with van der Waals surface area (Å²) in [6.45, 7) is 6.78. The Balaban J connectivity index is 1.78. The van der Waals surface area contributed by atoms with Crippen LogP contribution >= 0.6 is 0 Å². The first-order valence-corrected chi connectivity index (χ1v) is 11.4. The molecule has 1 aromatic rings. The minimum Gasteiger partial charge on any atom is -0.391 e. The minimum atomic E-state index is -0.706. The highest BCUT2D eigenvalue weighted by Crippen LogP contribution is 2.34.